The van der Waals surface area contributed by atoms with Gasteiger partial charge in [0.05, 0.1) is 18.5 Å². The summed E-state index contributed by atoms with van der Waals surface area (Å²) in [4.78, 5) is 14.9. The summed E-state index contributed by atoms with van der Waals surface area (Å²) in [6.45, 7) is 3.52. The number of hydrogen-bond donors (Lipinski definition) is 0. The molecule has 0 atom stereocenters. The number of nitrogens with zero attached hydrogens (tertiary/aromatic N) is 4. The van der Waals surface area contributed by atoms with Crippen molar-refractivity contribution in [1.29, 1.82) is 0 Å². The van der Waals surface area contributed by atoms with E-state index in [1.165, 1.54) is 0 Å². The fourth-order valence-corrected chi connectivity index (χ4v) is 1.88. The maximum absolute atomic E-state index is 5.07. The van der Waals surface area contributed by atoms with Crippen LogP contribution in [0.5, 0.6) is 0 Å². The zero-order chi connectivity index (χ0) is 15.1. The van der Waals surface area contributed by atoms with Gasteiger partial charge in [0, 0.05) is 39.3 Å². The van der Waals surface area contributed by atoms with Gasteiger partial charge in [-0.25, -0.2) is 4.98 Å². The first-order chi connectivity index (χ1) is 10.2. The zero-order valence-electron chi connectivity index (χ0n) is 12.7. The van der Waals surface area contributed by atoms with Gasteiger partial charge in [-0.15, -0.1) is 0 Å². The van der Waals surface area contributed by atoms with Gasteiger partial charge in [0.25, 0.3) is 0 Å². The molecule has 0 amide bonds. The average molecular weight is 284 g/mol. The Balaban J connectivity index is 2.09. The lowest BCUT2D eigenvalue weighted by Gasteiger charge is -2.17. The highest BCUT2D eigenvalue weighted by atomic mass is 16.5. The summed E-state index contributed by atoms with van der Waals surface area (Å²) in [6.07, 6.45) is 9.03. The van der Waals surface area contributed by atoms with Crippen molar-refractivity contribution in [3.8, 4) is 0 Å². The van der Waals surface area contributed by atoms with Crippen molar-refractivity contribution in [2.24, 2.45) is 0 Å². The molecule has 2 aromatic rings. The number of rotatable bonds is 6. The van der Waals surface area contributed by atoms with Crippen LogP contribution in [0.25, 0.3) is 11.6 Å². The molecule has 5 nitrogen and oxygen atoms in total. The quantitative estimate of drug-likeness (QED) is 0.816. The lowest BCUT2D eigenvalue weighted by molar-refractivity contribution is 0.206. The number of hydrogen-bond acceptors (Lipinski definition) is 5. The predicted octanol–water partition coefficient (Wildman–Crippen LogP) is 2.51. The highest BCUT2D eigenvalue weighted by Crippen LogP contribution is 2.16. The Morgan fingerprint density at radius 1 is 1.24 bits per heavy atom. The van der Waals surface area contributed by atoms with Gasteiger partial charge in [0.15, 0.2) is 0 Å². The van der Waals surface area contributed by atoms with Crippen molar-refractivity contribution in [3.05, 3.63) is 48.2 Å². The summed E-state index contributed by atoms with van der Waals surface area (Å²) >= 11 is 0. The molecule has 0 saturated carbocycles. The van der Waals surface area contributed by atoms with E-state index in [9.17, 15) is 0 Å². The Hall–Kier alpha value is -2.27. The minimum Gasteiger partial charge on any atom is -0.383 e. The Morgan fingerprint density at radius 3 is 2.71 bits per heavy atom. The molecule has 0 spiro atoms. The normalized spacial score (nSPS) is 11.5. The molecule has 0 saturated heterocycles. The van der Waals surface area contributed by atoms with Crippen LogP contribution < -0.4 is 4.90 Å². The van der Waals surface area contributed by atoms with E-state index in [1.54, 1.807) is 25.7 Å². The lowest BCUT2D eigenvalue weighted by Crippen LogP contribution is -2.22. The van der Waals surface area contributed by atoms with E-state index in [-0.39, 0.29) is 0 Å². The standard InChI is InChI=1S/C16H20N4O/c1-13(15-12-17-6-7-18-15)10-14-4-5-16(19-11-14)20(2)8-9-21-3/h4-7,10-12H,8-9H2,1-3H3. The molecule has 2 rings (SSSR count). The smallest absolute Gasteiger partial charge is 0.128 e. The molecule has 2 heterocycles. The minimum atomic E-state index is 0.686. The van der Waals surface area contributed by atoms with Gasteiger partial charge in [-0.1, -0.05) is 0 Å². The van der Waals surface area contributed by atoms with Crippen LogP contribution in [0.3, 0.4) is 0 Å². The van der Waals surface area contributed by atoms with Crippen LogP contribution in [-0.4, -0.2) is 42.3 Å². The Bertz CT molecular complexity index is 581. The molecule has 0 aliphatic heterocycles. The third-order valence-electron chi connectivity index (χ3n) is 3.14. The van der Waals surface area contributed by atoms with E-state index in [0.717, 1.165) is 29.2 Å². The third-order valence-corrected chi connectivity index (χ3v) is 3.14. The number of ether oxygens (including phenoxy) is 1. The maximum atomic E-state index is 5.07. The Kier molecular flexibility index (Phi) is 5.40. The summed E-state index contributed by atoms with van der Waals surface area (Å²) < 4.78 is 5.07. The Labute approximate surface area is 125 Å². The first-order valence-electron chi connectivity index (χ1n) is 6.81. The molecule has 21 heavy (non-hydrogen) atoms. The average Bonchev–Trinajstić information content (AvgIpc) is 2.54. The van der Waals surface area contributed by atoms with Crippen LogP contribution in [-0.2, 0) is 4.74 Å². The SMILES string of the molecule is COCCN(C)c1ccc(C=C(C)c2cnccn2)cn1. The van der Waals surface area contributed by atoms with Crippen molar-refractivity contribution in [1.82, 2.24) is 15.0 Å². The van der Waals surface area contributed by atoms with Gasteiger partial charge in [0.2, 0.25) is 0 Å². The lowest BCUT2D eigenvalue weighted by atomic mass is 10.1. The summed E-state index contributed by atoms with van der Waals surface area (Å²) in [5.41, 5.74) is 2.98. The monoisotopic (exact) mass is 284 g/mol. The first kappa shape index (κ1) is 15.1. The molecule has 0 aromatic carbocycles. The summed E-state index contributed by atoms with van der Waals surface area (Å²) in [5.74, 6) is 0.932. The molecule has 0 radical (unpaired) electrons. The second-order valence-corrected chi connectivity index (χ2v) is 4.78. The van der Waals surface area contributed by atoms with E-state index in [0.29, 0.717) is 6.61 Å². The van der Waals surface area contributed by atoms with Crippen molar-refractivity contribution in [2.45, 2.75) is 6.92 Å². The van der Waals surface area contributed by atoms with Gasteiger partial charge < -0.3 is 9.64 Å². The van der Waals surface area contributed by atoms with E-state index >= 15 is 0 Å². The highest BCUT2D eigenvalue weighted by molar-refractivity contribution is 5.78. The third kappa shape index (κ3) is 4.36. The molecule has 0 aliphatic carbocycles. The van der Waals surface area contributed by atoms with Crippen LogP contribution in [0.2, 0.25) is 0 Å². The Morgan fingerprint density at radius 2 is 2.10 bits per heavy atom. The van der Waals surface area contributed by atoms with E-state index in [2.05, 4.69) is 25.9 Å². The minimum absolute atomic E-state index is 0.686. The van der Waals surface area contributed by atoms with Gasteiger partial charge in [-0.2, -0.15) is 0 Å². The topological polar surface area (TPSA) is 51.1 Å². The molecule has 110 valence electrons. The van der Waals surface area contributed by atoms with Gasteiger partial charge in [0.1, 0.15) is 5.82 Å². The van der Waals surface area contributed by atoms with Crippen LogP contribution >= 0.6 is 0 Å². The second-order valence-electron chi connectivity index (χ2n) is 4.78. The van der Waals surface area contributed by atoms with Crippen molar-refractivity contribution in [2.75, 3.05) is 32.2 Å². The molecule has 0 aliphatic rings. The molecule has 0 fully saturated rings. The summed E-state index contributed by atoms with van der Waals surface area (Å²) in [5, 5.41) is 0. The van der Waals surface area contributed by atoms with Crippen LogP contribution in [0.1, 0.15) is 18.2 Å². The van der Waals surface area contributed by atoms with E-state index < -0.39 is 0 Å². The van der Waals surface area contributed by atoms with Crippen molar-refractivity contribution >= 4 is 17.5 Å². The first-order valence-corrected chi connectivity index (χ1v) is 6.81. The molecule has 2 aromatic heterocycles. The number of likely N-dealkylation sites (N-methyl/N-ethyl adjacent to an activating group) is 1. The van der Waals surface area contributed by atoms with Crippen molar-refractivity contribution < 1.29 is 4.74 Å². The number of methoxy groups -OCH3 is 1. The predicted molar refractivity (Wildman–Crippen MR) is 85.0 cm³/mol. The van der Waals surface area contributed by atoms with Crippen molar-refractivity contribution in [3.63, 3.8) is 0 Å². The van der Waals surface area contributed by atoms with Gasteiger partial charge in [-0.05, 0) is 36.3 Å². The van der Waals surface area contributed by atoms with Crippen LogP contribution in [0, 0.1) is 0 Å². The number of aromatic nitrogens is 3. The largest absolute Gasteiger partial charge is 0.383 e. The summed E-state index contributed by atoms with van der Waals surface area (Å²) in [7, 11) is 3.70. The fraction of sp³-hybridized carbons (Fsp3) is 0.312. The van der Waals surface area contributed by atoms with Crippen LogP contribution in [0.15, 0.2) is 36.9 Å². The zero-order valence-corrected chi connectivity index (χ0v) is 12.7. The number of allylic oxidation sites excluding steroid dienone is 1. The van der Waals surface area contributed by atoms with Crippen LogP contribution in [0.4, 0.5) is 5.82 Å². The second kappa shape index (κ2) is 7.50. The summed E-state index contributed by atoms with van der Waals surface area (Å²) in [6, 6.07) is 4.05. The van der Waals surface area contributed by atoms with E-state index in [1.807, 2.05) is 32.3 Å². The molecule has 0 bridgehead atoms. The molecular weight excluding hydrogens is 264 g/mol. The number of pyridine rings is 1. The number of anilines is 1. The van der Waals surface area contributed by atoms with Gasteiger partial charge >= 0.3 is 0 Å². The maximum Gasteiger partial charge on any atom is 0.128 e. The highest BCUT2D eigenvalue weighted by Gasteiger charge is 2.02. The molecular formula is C16H20N4O. The van der Waals surface area contributed by atoms with E-state index in [4.69, 9.17) is 4.74 Å². The molecule has 0 unspecified atom stereocenters. The molecule has 5 heteroatoms. The van der Waals surface area contributed by atoms with Gasteiger partial charge in [-0.3, -0.25) is 9.97 Å². The fourth-order valence-electron chi connectivity index (χ4n) is 1.88. The molecule has 0 N–H and O–H groups in total.